The van der Waals surface area contributed by atoms with Gasteiger partial charge in [0.05, 0.1) is 4.47 Å². The standard InChI is InChI=1S/C26H35BrO2Si/c1-26(2,3)30(4,5)29-25-21(27)16-18-11-7-9-13-20(18)24(25)23-19-12-8-6-10-17(19)14-15-22(23)28/h14-16,28H,6-13H2,1-5H3. The third kappa shape index (κ3) is 3.86. The Morgan fingerprint density at radius 1 is 0.867 bits per heavy atom. The molecule has 4 heteroatoms. The summed E-state index contributed by atoms with van der Waals surface area (Å²) in [5.41, 5.74) is 7.76. The highest BCUT2D eigenvalue weighted by Crippen LogP contribution is 2.51. The van der Waals surface area contributed by atoms with Crippen LogP contribution in [-0.4, -0.2) is 13.4 Å². The van der Waals surface area contributed by atoms with Crippen LogP contribution in [0.15, 0.2) is 22.7 Å². The molecule has 2 nitrogen and oxygen atoms in total. The summed E-state index contributed by atoms with van der Waals surface area (Å²) in [4.78, 5) is 0. The minimum absolute atomic E-state index is 0.109. The van der Waals surface area contributed by atoms with Crippen molar-refractivity contribution in [3.63, 3.8) is 0 Å². The average Bonchev–Trinajstić information content (AvgIpc) is 2.68. The minimum Gasteiger partial charge on any atom is -0.542 e. The van der Waals surface area contributed by atoms with Crippen LogP contribution in [0.25, 0.3) is 11.1 Å². The van der Waals surface area contributed by atoms with E-state index < -0.39 is 8.32 Å². The van der Waals surface area contributed by atoms with E-state index in [0.717, 1.165) is 41.5 Å². The molecule has 4 rings (SSSR count). The second-order valence-corrected chi connectivity index (χ2v) is 16.2. The Morgan fingerprint density at radius 2 is 1.43 bits per heavy atom. The summed E-state index contributed by atoms with van der Waals surface area (Å²) in [6.07, 6.45) is 9.19. The minimum atomic E-state index is -2.05. The molecule has 2 aromatic carbocycles. The molecule has 2 aromatic rings. The van der Waals surface area contributed by atoms with Crippen molar-refractivity contribution in [1.82, 2.24) is 0 Å². The van der Waals surface area contributed by atoms with Gasteiger partial charge in [0.1, 0.15) is 11.5 Å². The second kappa shape index (κ2) is 8.02. The first-order valence-corrected chi connectivity index (χ1v) is 15.2. The lowest BCUT2D eigenvalue weighted by Crippen LogP contribution is -2.44. The van der Waals surface area contributed by atoms with Gasteiger partial charge in [-0.05, 0) is 120 Å². The number of aryl methyl sites for hydroxylation is 2. The Balaban J connectivity index is 2.01. The Bertz CT molecular complexity index is 972. The molecule has 0 aromatic heterocycles. The molecule has 30 heavy (non-hydrogen) atoms. The van der Waals surface area contributed by atoms with Crippen LogP contribution in [0.5, 0.6) is 11.5 Å². The van der Waals surface area contributed by atoms with Crippen LogP contribution in [0.1, 0.15) is 68.7 Å². The number of phenolic OH excluding ortho intramolecular Hbond substituents is 1. The molecule has 0 spiro atoms. The monoisotopic (exact) mass is 486 g/mol. The predicted molar refractivity (Wildman–Crippen MR) is 132 cm³/mol. The number of rotatable bonds is 3. The number of phenols is 1. The van der Waals surface area contributed by atoms with Gasteiger partial charge in [0, 0.05) is 11.1 Å². The van der Waals surface area contributed by atoms with Crippen LogP contribution in [0.2, 0.25) is 18.1 Å². The molecule has 2 aliphatic carbocycles. The van der Waals surface area contributed by atoms with Gasteiger partial charge in [0.2, 0.25) is 0 Å². The van der Waals surface area contributed by atoms with E-state index in [1.165, 1.54) is 53.5 Å². The molecule has 0 unspecified atom stereocenters. The molecule has 0 bridgehead atoms. The van der Waals surface area contributed by atoms with Crippen LogP contribution in [0.3, 0.4) is 0 Å². The quantitative estimate of drug-likeness (QED) is 0.445. The fraction of sp³-hybridized carbons (Fsp3) is 0.538. The largest absolute Gasteiger partial charge is 0.542 e. The molecule has 0 saturated heterocycles. The van der Waals surface area contributed by atoms with Crippen LogP contribution in [0.4, 0.5) is 0 Å². The fourth-order valence-corrected chi connectivity index (χ4v) is 6.45. The van der Waals surface area contributed by atoms with Crippen molar-refractivity contribution < 1.29 is 9.53 Å². The molecule has 162 valence electrons. The molecule has 2 aliphatic rings. The van der Waals surface area contributed by atoms with Gasteiger partial charge in [-0.15, -0.1) is 0 Å². The average molecular weight is 488 g/mol. The van der Waals surface area contributed by atoms with Gasteiger partial charge in [0.15, 0.2) is 0 Å². The molecule has 0 aliphatic heterocycles. The van der Waals surface area contributed by atoms with E-state index >= 15 is 0 Å². The van der Waals surface area contributed by atoms with Crippen molar-refractivity contribution >= 4 is 24.2 Å². The van der Waals surface area contributed by atoms with Crippen molar-refractivity contribution in [1.29, 1.82) is 0 Å². The van der Waals surface area contributed by atoms with Crippen molar-refractivity contribution in [3.8, 4) is 22.6 Å². The fourth-order valence-electron chi connectivity index (χ4n) is 4.72. The zero-order valence-corrected chi connectivity index (χ0v) is 21.7. The third-order valence-corrected chi connectivity index (χ3v) is 12.4. The Morgan fingerprint density at radius 3 is 2.07 bits per heavy atom. The van der Waals surface area contributed by atoms with E-state index in [0.29, 0.717) is 5.75 Å². The predicted octanol–water partition coefficient (Wildman–Crippen LogP) is 7.96. The Kier molecular flexibility index (Phi) is 5.86. The molecule has 0 atom stereocenters. The SMILES string of the molecule is CC(C)(C)[Si](C)(C)Oc1c(Br)cc2c(c1-c1c(O)ccc3c1CCCC3)CCCC2. The number of hydrogen-bond acceptors (Lipinski definition) is 2. The topological polar surface area (TPSA) is 29.5 Å². The lowest BCUT2D eigenvalue weighted by Gasteiger charge is -2.38. The van der Waals surface area contributed by atoms with Crippen LogP contribution < -0.4 is 4.43 Å². The highest BCUT2D eigenvalue weighted by atomic mass is 79.9. The third-order valence-electron chi connectivity index (χ3n) is 7.48. The van der Waals surface area contributed by atoms with Gasteiger partial charge in [-0.3, -0.25) is 0 Å². The summed E-state index contributed by atoms with van der Waals surface area (Å²) < 4.78 is 8.01. The number of hydrogen-bond donors (Lipinski definition) is 1. The number of fused-ring (bicyclic) bond motifs is 2. The molecule has 0 fully saturated rings. The van der Waals surface area contributed by atoms with Gasteiger partial charge in [-0.2, -0.15) is 0 Å². The van der Waals surface area contributed by atoms with Crippen molar-refractivity contribution in [2.75, 3.05) is 0 Å². The van der Waals surface area contributed by atoms with Crippen LogP contribution in [0, 0.1) is 0 Å². The van der Waals surface area contributed by atoms with Gasteiger partial charge in [0.25, 0.3) is 8.32 Å². The summed E-state index contributed by atoms with van der Waals surface area (Å²) >= 11 is 3.88. The molecule has 0 heterocycles. The highest BCUT2D eigenvalue weighted by Gasteiger charge is 2.40. The zero-order chi connectivity index (χ0) is 21.7. The van der Waals surface area contributed by atoms with E-state index in [4.69, 9.17) is 4.43 Å². The van der Waals surface area contributed by atoms with E-state index in [2.05, 4.69) is 61.9 Å². The smallest absolute Gasteiger partial charge is 0.250 e. The van der Waals surface area contributed by atoms with Crippen LogP contribution in [-0.2, 0) is 25.7 Å². The summed E-state index contributed by atoms with van der Waals surface area (Å²) in [6.45, 7) is 11.5. The van der Waals surface area contributed by atoms with Gasteiger partial charge >= 0.3 is 0 Å². The molecule has 0 amide bonds. The summed E-state index contributed by atoms with van der Waals surface area (Å²) in [7, 11) is -2.05. The van der Waals surface area contributed by atoms with Crippen molar-refractivity contribution in [2.45, 2.75) is 90.3 Å². The first-order chi connectivity index (χ1) is 14.1. The van der Waals surface area contributed by atoms with Gasteiger partial charge in [-0.1, -0.05) is 26.8 Å². The first-order valence-electron chi connectivity index (χ1n) is 11.5. The molecule has 1 N–H and O–H groups in total. The lowest BCUT2D eigenvalue weighted by atomic mass is 9.80. The maximum Gasteiger partial charge on any atom is 0.250 e. The summed E-state index contributed by atoms with van der Waals surface area (Å²) in [5.74, 6) is 1.36. The zero-order valence-electron chi connectivity index (χ0n) is 19.1. The molecule has 0 saturated carbocycles. The summed E-state index contributed by atoms with van der Waals surface area (Å²) in [5, 5.41) is 11.2. The lowest BCUT2D eigenvalue weighted by molar-refractivity contribution is 0.472. The molecule has 0 radical (unpaired) electrons. The number of aromatic hydroxyl groups is 1. The normalized spacial score (nSPS) is 16.7. The molecular weight excluding hydrogens is 452 g/mol. The van der Waals surface area contributed by atoms with Gasteiger partial charge < -0.3 is 9.53 Å². The number of benzene rings is 2. The van der Waals surface area contributed by atoms with Crippen LogP contribution >= 0.6 is 15.9 Å². The summed E-state index contributed by atoms with van der Waals surface area (Å²) in [6, 6.07) is 6.32. The highest BCUT2D eigenvalue weighted by molar-refractivity contribution is 9.10. The Hall–Kier alpha value is -1.26. The maximum absolute atomic E-state index is 11.1. The van der Waals surface area contributed by atoms with Gasteiger partial charge in [-0.25, -0.2) is 0 Å². The maximum atomic E-state index is 11.1. The first kappa shape index (κ1) is 21.9. The number of halogens is 1. The molecular formula is C26H35BrO2Si. The van der Waals surface area contributed by atoms with E-state index in [1.807, 2.05) is 6.07 Å². The van der Waals surface area contributed by atoms with E-state index in [9.17, 15) is 5.11 Å². The Labute approximate surface area is 191 Å². The second-order valence-electron chi connectivity index (χ2n) is 10.6. The van der Waals surface area contributed by atoms with Crippen molar-refractivity contribution in [2.24, 2.45) is 0 Å². The van der Waals surface area contributed by atoms with E-state index in [-0.39, 0.29) is 5.04 Å². The van der Waals surface area contributed by atoms with E-state index in [1.54, 1.807) is 0 Å². The van der Waals surface area contributed by atoms with Crippen molar-refractivity contribution in [3.05, 3.63) is 44.9 Å².